The predicted octanol–water partition coefficient (Wildman–Crippen LogP) is 3.41. The Morgan fingerprint density at radius 2 is 2.14 bits per heavy atom. The quantitative estimate of drug-likeness (QED) is 0.718. The molecule has 0 atom stereocenters. The maximum Gasteiger partial charge on any atom is 0.223 e. The zero-order valence-corrected chi connectivity index (χ0v) is 13.4. The molecule has 0 bridgehead atoms. The number of carbonyl (C=O) groups excluding carboxylic acids is 1. The molecular weight excluding hydrogens is 322 g/mol. The Labute approximate surface area is 135 Å². The minimum Gasteiger partial charge on any atom is -0.386 e. The van der Waals surface area contributed by atoms with E-state index in [1.165, 1.54) is 18.3 Å². The van der Waals surface area contributed by atoms with Gasteiger partial charge in [-0.05, 0) is 18.2 Å². The van der Waals surface area contributed by atoms with Crippen LogP contribution in [0.15, 0.2) is 24.4 Å². The van der Waals surface area contributed by atoms with Crippen molar-refractivity contribution in [2.75, 3.05) is 17.7 Å². The van der Waals surface area contributed by atoms with Gasteiger partial charge in [-0.2, -0.15) is 0 Å². The van der Waals surface area contributed by atoms with Gasteiger partial charge in [0.15, 0.2) is 10.3 Å². The van der Waals surface area contributed by atoms with E-state index in [1.807, 2.05) is 18.2 Å². The minimum atomic E-state index is -0.153. The molecule has 0 aliphatic rings. The summed E-state index contributed by atoms with van der Waals surface area (Å²) in [5.41, 5.74) is 3.11. The third-order valence-corrected chi connectivity index (χ3v) is 4.12. The summed E-state index contributed by atoms with van der Waals surface area (Å²) in [6, 6.07) is 5.62. The number of amides is 1. The Hall–Kier alpha value is -2.25. The standard InChI is InChI=1S/C14H12ClN5OS/c1-7(21)18-14-20-10-4-3-9(19-13(10)22-14)8-5-11(16-2)12(15)17-6-8/h3-6,16H,1-2H3,(H,18,20,21). The van der Waals surface area contributed by atoms with Crippen LogP contribution in [0.2, 0.25) is 5.15 Å². The van der Waals surface area contributed by atoms with Crippen molar-refractivity contribution in [3.05, 3.63) is 29.5 Å². The molecular formula is C14H12ClN5OS. The molecule has 0 radical (unpaired) electrons. The van der Waals surface area contributed by atoms with Crippen molar-refractivity contribution in [1.82, 2.24) is 15.0 Å². The molecule has 0 aromatic carbocycles. The van der Waals surface area contributed by atoms with Gasteiger partial charge in [-0.15, -0.1) is 0 Å². The van der Waals surface area contributed by atoms with Gasteiger partial charge in [0.25, 0.3) is 0 Å². The third kappa shape index (κ3) is 2.86. The molecule has 6 nitrogen and oxygen atoms in total. The van der Waals surface area contributed by atoms with Crippen molar-refractivity contribution < 1.29 is 4.79 Å². The van der Waals surface area contributed by atoms with E-state index in [0.717, 1.165) is 27.3 Å². The second-order valence-electron chi connectivity index (χ2n) is 4.53. The maximum atomic E-state index is 11.1. The van der Waals surface area contributed by atoms with Gasteiger partial charge in [-0.25, -0.2) is 15.0 Å². The SMILES string of the molecule is CNc1cc(-c2ccc3nc(NC(C)=O)sc3n2)cnc1Cl. The molecule has 3 heterocycles. The van der Waals surface area contributed by atoms with Crippen molar-refractivity contribution in [3.63, 3.8) is 0 Å². The highest BCUT2D eigenvalue weighted by Gasteiger charge is 2.10. The molecule has 2 N–H and O–H groups in total. The molecule has 1 amide bonds. The summed E-state index contributed by atoms with van der Waals surface area (Å²) in [6.07, 6.45) is 1.67. The average molecular weight is 334 g/mol. The van der Waals surface area contributed by atoms with E-state index in [0.29, 0.717) is 10.3 Å². The number of rotatable bonds is 3. The predicted molar refractivity (Wildman–Crippen MR) is 89.5 cm³/mol. The van der Waals surface area contributed by atoms with Crippen LogP contribution in [0, 0.1) is 0 Å². The lowest BCUT2D eigenvalue weighted by atomic mass is 10.2. The second-order valence-corrected chi connectivity index (χ2v) is 5.87. The summed E-state index contributed by atoms with van der Waals surface area (Å²) in [4.78, 5) is 24.9. The summed E-state index contributed by atoms with van der Waals surface area (Å²) in [5, 5.41) is 6.61. The number of nitrogens with zero attached hydrogens (tertiary/aromatic N) is 3. The molecule has 3 aromatic rings. The van der Waals surface area contributed by atoms with Crippen molar-refractivity contribution in [2.24, 2.45) is 0 Å². The molecule has 22 heavy (non-hydrogen) atoms. The van der Waals surface area contributed by atoms with Crippen LogP contribution in [-0.2, 0) is 4.79 Å². The fourth-order valence-corrected chi connectivity index (χ4v) is 3.03. The molecule has 3 aromatic heterocycles. The highest BCUT2D eigenvalue weighted by molar-refractivity contribution is 7.21. The molecule has 112 valence electrons. The van der Waals surface area contributed by atoms with E-state index in [2.05, 4.69) is 25.6 Å². The van der Waals surface area contributed by atoms with E-state index < -0.39 is 0 Å². The van der Waals surface area contributed by atoms with Crippen LogP contribution in [0.25, 0.3) is 21.6 Å². The number of hydrogen-bond donors (Lipinski definition) is 2. The van der Waals surface area contributed by atoms with Gasteiger partial charge in [-0.1, -0.05) is 22.9 Å². The van der Waals surface area contributed by atoms with E-state index in [4.69, 9.17) is 11.6 Å². The van der Waals surface area contributed by atoms with Crippen LogP contribution in [0.1, 0.15) is 6.92 Å². The summed E-state index contributed by atoms with van der Waals surface area (Å²) >= 11 is 7.32. The van der Waals surface area contributed by atoms with E-state index in [9.17, 15) is 4.79 Å². The topological polar surface area (TPSA) is 79.8 Å². The second kappa shape index (κ2) is 5.86. The Balaban J connectivity index is 2.02. The van der Waals surface area contributed by atoms with Crippen molar-refractivity contribution in [3.8, 4) is 11.3 Å². The van der Waals surface area contributed by atoms with Crippen LogP contribution in [0.5, 0.6) is 0 Å². The van der Waals surface area contributed by atoms with Crippen molar-refractivity contribution in [2.45, 2.75) is 6.92 Å². The van der Waals surface area contributed by atoms with Crippen molar-refractivity contribution in [1.29, 1.82) is 0 Å². The summed E-state index contributed by atoms with van der Waals surface area (Å²) in [7, 11) is 1.78. The molecule has 0 saturated heterocycles. The molecule has 0 aliphatic heterocycles. The van der Waals surface area contributed by atoms with Gasteiger partial charge in [0.05, 0.1) is 11.4 Å². The Morgan fingerprint density at radius 3 is 2.86 bits per heavy atom. The van der Waals surface area contributed by atoms with E-state index >= 15 is 0 Å². The fourth-order valence-electron chi connectivity index (χ4n) is 1.95. The molecule has 0 saturated carbocycles. The normalized spacial score (nSPS) is 10.7. The Morgan fingerprint density at radius 1 is 1.32 bits per heavy atom. The lowest BCUT2D eigenvalue weighted by Crippen LogP contribution is -2.04. The summed E-state index contributed by atoms with van der Waals surface area (Å²) in [5.74, 6) is -0.153. The first kappa shape index (κ1) is 14.7. The number of halogens is 1. The van der Waals surface area contributed by atoms with Gasteiger partial charge in [-0.3, -0.25) is 4.79 Å². The third-order valence-electron chi connectivity index (χ3n) is 2.94. The number of anilines is 2. The summed E-state index contributed by atoms with van der Waals surface area (Å²) < 4.78 is 0. The molecule has 0 fully saturated rings. The van der Waals surface area contributed by atoms with Crippen LogP contribution in [-0.4, -0.2) is 27.9 Å². The van der Waals surface area contributed by atoms with Crippen LogP contribution in [0.3, 0.4) is 0 Å². The molecule has 0 spiro atoms. The van der Waals surface area contributed by atoms with Crippen LogP contribution < -0.4 is 10.6 Å². The number of nitrogens with one attached hydrogen (secondary N) is 2. The molecule has 8 heteroatoms. The molecule has 0 aliphatic carbocycles. The highest BCUT2D eigenvalue weighted by Crippen LogP contribution is 2.29. The van der Waals surface area contributed by atoms with Crippen LogP contribution in [0.4, 0.5) is 10.8 Å². The van der Waals surface area contributed by atoms with Gasteiger partial charge >= 0.3 is 0 Å². The Kier molecular flexibility index (Phi) is 3.91. The zero-order valence-electron chi connectivity index (χ0n) is 11.8. The maximum absolute atomic E-state index is 11.1. The monoisotopic (exact) mass is 333 g/mol. The number of aromatic nitrogens is 3. The smallest absolute Gasteiger partial charge is 0.223 e. The zero-order chi connectivity index (χ0) is 15.7. The first-order valence-corrected chi connectivity index (χ1v) is 7.65. The van der Waals surface area contributed by atoms with Crippen molar-refractivity contribution >= 4 is 50.0 Å². The fraction of sp³-hybridized carbons (Fsp3) is 0.143. The number of thiazole rings is 1. The van der Waals surface area contributed by atoms with E-state index in [1.54, 1.807) is 13.2 Å². The average Bonchev–Trinajstić information content (AvgIpc) is 2.88. The van der Waals surface area contributed by atoms with Gasteiger partial charge in [0, 0.05) is 25.7 Å². The lowest BCUT2D eigenvalue weighted by molar-refractivity contribution is -0.114. The number of fused-ring (bicyclic) bond motifs is 1. The first-order valence-electron chi connectivity index (χ1n) is 6.45. The lowest BCUT2D eigenvalue weighted by Gasteiger charge is -2.05. The highest BCUT2D eigenvalue weighted by atomic mass is 35.5. The van der Waals surface area contributed by atoms with E-state index in [-0.39, 0.29) is 5.91 Å². The molecule has 3 rings (SSSR count). The largest absolute Gasteiger partial charge is 0.386 e. The van der Waals surface area contributed by atoms with Gasteiger partial charge < -0.3 is 10.6 Å². The number of carbonyl (C=O) groups is 1. The first-order chi connectivity index (χ1) is 10.6. The summed E-state index contributed by atoms with van der Waals surface area (Å²) in [6.45, 7) is 1.45. The minimum absolute atomic E-state index is 0.153. The van der Waals surface area contributed by atoms with Gasteiger partial charge in [0.1, 0.15) is 10.3 Å². The Bertz CT molecular complexity index is 864. The number of hydrogen-bond acceptors (Lipinski definition) is 6. The number of pyridine rings is 2. The molecule has 0 unspecified atom stereocenters. The van der Waals surface area contributed by atoms with Gasteiger partial charge in [0.2, 0.25) is 5.91 Å². The van der Waals surface area contributed by atoms with Crippen LogP contribution >= 0.6 is 22.9 Å².